The van der Waals surface area contributed by atoms with Crippen molar-refractivity contribution >= 4 is 11.6 Å². The van der Waals surface area contributed by atoms with Gasteiger partial charge in [-0.15, -0.1) is 0 Å². The van der Waals surface area contributed by atoms with Crippen molar-refractivity contribution in [3.63, 3.8) is 0 Å². The van der Waals surface area contributed by atoms with Gasteiger partial charge in [-0.1, -0.05) is 37.6 Å². The van der Waals surface area contributed by atoms with Crippen LogP contribution in [0.15, 0.2) is 18.2 Å². The monoisotopic (exact) mass is 227 g/mol. The molecule has 1 atom stereocenters. The van der Waals surface area contributed by atoms with Gasteiger partial charge in [0.1, 0.15) is 0 Å². The summed E-state index contributed by atoms with van der Waals surface area (Å²) in [5.41, 5.74) is 7.75. The first-order chi connectivity index (χ1) is 6.88. The first kappa shape index (κ1) is 12.5. The van der Waals surface area contributed by atoms with E-state index >= 15 is 0 Å². The smallest absolute Gasteiger partial charge is 0.0500 e. The highest BCUT2D eigenvalue weighted by Gasteiger charge is 2.27. The number of hydrogen-bond donors (Lipinski definition) is 2. The van der Waals surface area contributed by atoms with E-state index < -0.39 is 0 Å². The molecule has 2 nitrogen and oxygen atoms in total. The molecule has 0 spiro atoms. The molecule has 0 aliphatic rings. The molecular weight excluding hydrogens is 210 g/mol. The highest BCUT2D eigenvalue weighted by molar-refractivity contribution is 6.31. The molecule has 0 bridgehead atoms. The highest BCUT2D eigenvalue weighted by atomic mass is 35.5. The molecule has 0 radical (unpaired) electrons. The van der Waals surface area contributed by atoms with Crippen LogP contribution in [0.4, 0.5) is 0 Å². The Balaban J connectivity index is 3.02. The quantitative estimate of drug-likeness (QED) is 0.834. The molecule has 1 rings (SSSR count). The normalized spacial score (nSPS) is 14.0. The molecule has 1 aromatic rings. The summed E-state index contributed by atoms with van der Waals surface area (Å²) in [4.78, 5) is 0. The summed E-state index contributed by atoms with van der Waals surface area (Å²) in [6.45, 7) is 5.88. The van der Waals surface area contributed by atoms with Crippen LogP contribution in [0.1, 0.15) is 31.0 Å². The van der Waals surface area contributed by atoms with Crippen LogP contribution in [0.2, 0.25) is 5.02 Å². The van der Waals surface area contributed by atoms with Crippen molar-refractivity contribution in [3.05, 3.63) is 34.3 Å². The fourth-order valence-electron chi connectivity index (χ4n) is 1.35. The second-order valence-electron chi connectivity index (χ2n) is 4.63. The number of hydrogen-bond acceptors (Lipinski definition) is 2. The molecule has 0 saturated carbocycles. The molecule has 1 aromatic carbocycles. The number of benzene rings is 1. The van der Waals surface area contributed by atoms with Crippen molar-refractivity contribution in [3.8, 4) is 0 Å². The van der Waals surface area contributed by atoms with Crippen LogP contribution in [0, 0.1) is 12.3 Å². The first-order valence-electron chi connectivity index (χ1n) is 5.01. The Morgan fingerprint density at radius 3 is 2.53 bits per heavy atom. The van der Waals surface area contributed by atoms with E-state index in [1.165, 1.54) is 0 Å². The van der Waals surface area contributed by atoms with Crippen LogP contribution >= 0.6 is 11.6 Å². The standard InChI is InChI=1S/C12H18ClNO/c1-8-4-5-9(6-10(8)13)11(14)12(2,3)7-15/h4-6,11,15H,7,14H2,1-3H3/t11-/m0/s1. The third-order valence-corrected chi connectivity index (χ3v) is 3.21. The van der Waals surface area contributed by atoms with Gasteiger partial charge in [0.2, 0.25) is 0 Å². The first-order valence-corrected chi connectivity index (χ1v) is 5.39. The summed E-state index contributed by atoms with van der Waals surface area (Å²) in [6.07, 6.45) is 0. The summed E-state index contributed by atoms with van der Waals surface area (Å²) >= 11 is 6.03. The second kappa shape index (κ2) is 4.52. The average molecular weight is 228 g/mol. The van der Waals surface area contributed by atoms with Crippen molar-refractivity contribution in [1.29, 1.82) is 0 Å². The lowest BCUT2D eigenvalue weighted by Gasteiger charge is -2.30. The van der Waals surface area contributed by atoms with Crippen LogP contribution < -0.4 is 5.73 Å². The largest absolute Gasteiger partial charge is 0.396 e. The zero-order valence-corrected chi connectivity index (χ0v) is 10.2. The Morgan fingerprint density at radius 1 is 1.47 bits per heavy atom. The average Bonchev–Trinajstić information content (AvgIpc) is 2.21. The van der Waals surface area contributed by atoms with Crippen molar-refractivity contribution in [2.45, 2.75) is 26.8 Å². The minimum Gasteiger partial charge on any atom is -0.396 e. The van der Waals surface area contributed by atoms with Crippen LogP contribution in [0.3, 0.4) is 0 Å². The van der Waals surface area contributed by atoms with E-state index in [0.29, 0.717) is 0 Å². The lowest BCUT2D eigenvalue weighted by atomic mass is 9.82. The fourth-order valence-corrected chi connectivity index (χ4v) is 1.54. The van der Waals surface area contributed by atoms with Gasteiger partial charge in [0.15, 0.2) is 0 Å². The maximum atomic E-state index is 9.24. The number of aliphatic hydroxyl groups is 1. The van der Waals surface area contributed by atoms with Gasteiger partial charge in [-0.25, -0.2) is 0 Å². The maximum absolute atomic E-state index is 9.24. The zero-order valence-electron chi connectivity index (χ0n) is 9.42. The van der Waals surface area contributed by atoms with Gasteiger partial charge in [-0.2, -0.15) is 0 Å². The van der Waals surface area contributed by atoms with Gasteiger partial charge in [-0.3, -0.25) is 0 Å². The lowest BCUT2D eigenvalue weighted by Crippen LogP contribution is -2.32. The summed E-state index contributed by atoms with van der Waals surface area (Å²) in [5, 5.41) is 9.96. The third-order valence-electron chi connectivity index (χ3n) is 2.80. The van der Waals surface area contributed by atoms with E-state index in [1.807, 2.05) is 39.0 Å². The van der Waals surface area contributed by atoms with Gasteiger partial charge in [0.25, 0.3) is 0 Å². The Bertz CT molecular complexity index is 349. The molecule has 3 N–H and O–H groups in total. The highest BCUT2D eigenvalue weighted by Crippen LogP contribution is 2.32. The van der Waals surface area contributed by atoms with Gasteiger partial charge in [-0.05, 0) is 24.1 Å². The molecular formula is C12H18ClNO. The predicted molar refractivity (Wildman–Crippen MR) is 64.0 cm³/mol. The fraction of sp³-hybridized carbons (Fsp3) is 0.500. The number of nitrogens with two attached hydrogens (primary N) is 1. The molecule has 15 heavy (non-hydrogen) atoms. The van der Waals surface area contributed by atoms with Gasteiger partial charge < -0.3 is 10.8 Å². The maximum Gasteiger partial charge on any atom is 0.0500 e. The minimum atomic E-state index is -0.335. The van der Waals surface area contributed by atoms with Crippen molar-refractivity contribution in [2.75, 3.05) is 6.61 Å². The topological polar surface area (TPSA) is 46.2 Å². The Labute approximate surface area is 96.1 Å². The van der Waals surface area contributed by atoms with Gasteiger partial charge >= 0.3 is 0 Å². The van der Waals surface area contributed by atoms with Crippen molar-refractivity contribution in [1.82, 2.24) is 0 Å². The molecule has 0 aliphatic heterocycles. The molecule has 0 amide bonds. The summed E-state index contributed by atoms with van der Waals surface area (Å²) < 4.78 is 0. The van der Waals surface area contributed by atoms with Crippen LogP contribution in [0.25, 0.3) is 0 Å². The van der Waals surface area contributed by atoms with Crippen molar-refractivity contribution in [2.24, 2.45) is 11.1 Å². The van der Waals surface area contributed by atoms with E-state index in [9.17, 15) is 5.11 Å². The zero-order chi connectivity index (χ0) is 11.6. The molecule has 0 aromatic heterocycles. The van der Waals surface area contributed by atoms with E-state index in [4.69, 9.17) is 17.3 Å². The molecule has 0 saturated heterocycles. The molecule has 0 fully saturated rings. The van der Waals surface area contributed by atoms with E-state index in [-0.39, 0.29) is 18.1 Å². The molecule has 0 unspecified atom stereocenters. The number of rotatable bonds is 3. The summed E-state index contributed by atoms with van der Waals surface area (Å²) in [7, 11) is 0. The predicted octanol–water partition coefficient (Wildman–Crippen LogP) is 2.67. The molecule has 0 heterocycles. The molecule has 84 valence electrons. The summed E-state index contributed by atoms with van der Waals surface area (Å²) in [6, 6.07) is 5.58. The minimum absolute atomic E-state index is 0.0552. The molecule has 3 heteroatoms. The van der Waals surface area contributed by atoms with E-state index in [1.54, 1.807) is 0 Å². The second-order valence-corrected chi connectivity index (χ2v) is 5.04. The number of aryl methyl sites for hydroxylation is 1. The van der Waals surface area contributed by atoms with Gasteiger partial charge in [0.05, 0.1) is 0 Å². The van der Waals surface area contributed by atoms with Crippen molar-refractivity contribution < 1.29 is 5.11 Å². The van der Waals surface area contributed by atoms with E-state index in [2.05, 4.69) is 0 Å². The lowest BCUT2D eigenvalue weighted by molar-refractivity contribution is 0.132. The van der Waals surface area contributed by atoms with E-state index in [0.717, 1.165) is 16.1 Å². The van der Waals surface area contributed by atoms with Gasteiger partial charge in [0, 0.05) is 23.1 Å². The number of halogens is 1. The molecule has 0 aliphatic carbocycles. The van der Waals surface area contributed by atoms with Crippen LogP contribution in [0.5, 0.6) is 0 Å². The Morgan fingerprint density at radius 2 is 2.07 bits per heavy atom. The third kappa shape index (κ3) is 2.71. The SMILES string of the molecule is Cc1ccc([C@H](N)C(C)(C)CO)cc1Cl. The summed E-state index contributed by atoms with van der Waals surface area (Å²) in [5.74, 6) is 0. The number of aliphatic hydroxyl groups excluding tert-OH is 1. The Hall–Kier alpha value is -0.570. The van der Waals surface area contributed by atoms with Crippen LogP contribution in [-0.2, 0) is 0 Å². The van der Waals surface area contributed by atoms with Crippen LogP contribution in [-0.4, -0.2) is 11.7 Å². The Kier molecular flexibility index (Phi) is 3.77.